The summed E-state index contributed by atoms with van der Waals surface area (Å²) in [5, 5.41) is 0. The highest BCUT2D eigenvalue weighted by molar-refractivity contribution is 9.10. The maximum Gasteiger partial charge on any atom is 0.358 e. The molecule has 0 saturated carbocycles. The first-order chi connectivity index (χ1) is 8.47. The van der Waals surface area contributed by atoms with Crippen LogP contribution in [-0.4, -0.2) is 0 Å². The van der Waals surface area contributed by atoms with Crippen molar-refractivity contribution in [2.24, 2.45) is 0 Å². The smallest absolute Gasteiger partial charge is 0.0537 e. The molecule has 0 aromatic heterocycles. The van der Waals surface area contributed by atoms with Crippen LogP contribution in [-0.2, 0) is 0 Å². The zero-order chi connectivity index (χ0) is 13.3. The van der Waals surface area contributed by atoms with Crippen molar-refractivity contribution in [3.05, 3.63) is 64.2 Å². The summed E-state index contributed by atoms with van der Waals surface area (Å²) in [5.74, 6) is 0. The molecule has 2 aromatic rings. The van der Waals surface area contributed by atoms with E-state index in [4.69, 9.17) is 0 Å². The van der Waals surface area contributed by atoms with Gasteiger partial charge in [0.2, 0.25) is 0 Å². The van der Waals surface area contributed by atoms with Crippen LogP contribution in [0.1, 0.15) is 22.3 Å². The molecular weight excluding hydrogens is 399 g/mol. The van der Waals surface area contributed by atoms with Gasteiger partial charge in [0, 0.05) is 21.7 Å². The van der Waals surface area contributed by atoms with Crippen molar-refractivity contribution in [1.29, 1.82) is 0 Å². The van der Waals surface area contributed by atoms with Crippen LogP contribution in [0.25, 0.3) is 0 Å². The van der Waals surface area contributed by atoms with Crippen LogP contribution in [0.15, 0.2) is 34.8 Å². The van der Waals surface area contributed by atoms with Crippen LogP contribution in [0, 0.1) is 34.8 Å². The normalized spacial score (nSPS) is 10.7. The molecule has 2 aromatic carbocycles. The predicted molar refractivity (Wildman–Crippen MR) is 76.9 cm³/mol. The summed E-state index contributed by atoms with van der Waals surface area (Å²) in [5.41, 5.74) is 5.55. The van der Waals surface area contributed by atoms with Gasteiger partial charge in [-0.3, -0.25) is 0 Å². The molecule has 0 aliphatic heterocycles. The minimum Gasteiger partial charge on any atom is -0.0537 e. The molecule has 18 heavy (non-hydrogen) atoms. The number of rotatable bonds is 2. The fourth-order valence-electron chi connectivity index (χ4n) is 2.05. The molecule has 0 spiro atoms. The molecule has 0 saturated heterocycles. The Balaban J connectivity index is 2.37. The summed E-state index contributed by atoms with van der Waals surface area (Å²) in [6, 6.07) is 11.3. The molecule has 0 amide bonds. The molecular formula is C16H17BrI+. The zero-order valence-corrected chi connectivity index (χ0v) is 14.9. The van der Waals surface area contributed by atoms with Crippen molar-refractivity contribution in [3.8, 4) is 0 Å². The summed E-state index contributed by atoms with van der Waals surface area (Å²) >= 11 is 3.54. The highest BCUT2D eigenvalue weighted by Gasteiger charge is 2.21. The van der Waals surface area contributed by atoms with E-state index in [0.717, 1.165) is 0 Å². The third-order valence-electron chi connectivity index (χ3n) is 2.92. The second kappa shape index (κ2) is 5.74. The lowest BCUT2D eigenvalue weighted by Gasteiger charge is -2.01. The Morgan fingerprint density at radius 1 is 0.833 bits per heavy atom. The van der Waals surface area contributed by atoms with Crippen LogP contribution in [0.5, 0.6) is 0 Å². The van der Waals surface area contributed by atoms with Gasteiger partial charge in [0.1, 0.15) is 0 Å². The summed E-state index contributed by atoms with van der Waals surface area (Å²) in [7, 11) is 0. The Labute approximate surface area is 128 Å². The van der Waals surface area contributed by atoms with E-state index in [0.29, 0.717) is 0 Å². The Morgan fingerprint density at radius 2 is 1.44 bits per heavy atom. The van der Waals surface area contributed by atoms with E-state index in [1.54, 1.807) is 3.57 Å². The Hall–Kier alpha value is -0.350. The molecule has 2 heteroatoms. The molecule has 0 bridgehead atoms. The third-order valence-corrected chi connectivity index (χ3v) is 7.31. The predicted octanol–water partition coefficient (Wildman–Crippen LogP) is 1.81. The molecule has 0 unspecified atom stereocenters. The first-order valence-electron chi connectivity index (χ1n) is 5.96. The number of hydrogen-bond donors (Lipinski definition) is 0. The van der Waals surface area contributed by atoms with Gasteiger partial charge >= 0.3 is 21.2 Å². The lowest BCUT2D eigenvalue weighted by atomic mass is 10.1. The van der Waals surface area contributed by atoms with Gasteiger partial charge in [-0.15, -0.1) is 0 Å². The van der Waals surface area contributed by atoms with Gasteiger partial charge in [0.05, 0.1) is 0 Å². The van der Waals surface area contributed by atoms with E-state index in [2.05, 4.69) is 74.0 Å². The van der Waals surface area contributed by atoms with E-state index >= 15 is 0 Å². The molecule has 0 N–H and O–H groups in total. The lowest BCUT2D eigenvalue weighted by Crippen LogP contribution is -3.62. The number of hydrogen-bond acceptors (Lipinski definition) is 0. The molecule has 0 fully saturated rings. The number of benzene rings is 2. The molecule has 0 atom stereocenters. The average molecular weight is 416 g/mol. The van der Waals surface area contributed by atoms with E-state index in [-0.39, 0.29) is 21.2 Å². The maximum absolute atomic E-state index is 3.63. The van der Waals surface area contributed by atoms with Gasteiger partial charge in [-0.1, -0.05) is 39.7 Å². The summed E-state index contributed by atoms with van der Waals surface area (Å²) in [6.45, 7) is 8.77. The quantitative estimate of drug-likeness (QED) is 0.656. The van der Waals surface area contributed by atoms with Crippen LogP contribution >= 0.6 is 15.9 Å². The van der Waals surface area contributed by atoms with Crippen molar-refractivity contribution in [2.75, 3.05) is 0 Å². The topological polar surface area (TPSA) is 0 Å². The molecule has 2 rings (SSSR count). The van der Waals surface area contributed by atoms with Gasteiger partial charge < -0.3 is 0 Å². The summed E-state index contributed by atoms with van der Waals surface area (Å²) < 4.78 is 4.26. The second-order valence-electron chi connectivity index (χ2n) is 4.70. The standard InChI is InChI=1S/C16H17BrI/c1-10-7-12(3)16(13(4)8-10)18-14-6-5-11(2)15(17)9-14/h5-9H,1-4H3/q+1. The van der Waals surface area contributed by atoms with Gasteiger partial charge in [-0.25, -0.2) is 0 Å². The van der Waals surface area contributed by atoms with Crippen LogP contribution in [0.3, 0.4) is 0 Å². The fourth-order valence-corrected chi connectivity index (χ4v) is 5.47. The monoisotopic (exact) mass is 415 g/mol. The van der Waals surface area contributed by atoms with E-state index in [9.17, 15) is 0 Å². The Bertz CT molecular complexity index is 565. The molecule has 0 heterocycles. The third kappa shape index (κ3) is 3.15. The minimum atomic E-state index is -0.0871. The van der Waals surface area contributed by atoms with E-state index in [1.807, 2.05) is 0 Å². The minimum absolute atomic E-state index is 0.0871. The van der Waals surface area contributed by atoms with E-state index in [1.165, 1.54) is 30.3 Å². The summed E-state index contributed by atoms with van der Waals surface area (Å²) in [6.07, 6.45) is 0. The Kier molecular flexibility index (Phi) is 4.49. The number of aryl methyl sites for hydroxylation is 4. The van der Waals surface area contributed by atoms with Crippen molar-refractivity contribution >= 4 is 15.9 Å². The van der Waals surface area contributed by atoms with Gasteiger partial charge in [-0.2, -0.15) is 0 Å². The molecule has 94 valence electrons. The molecule has 0 nitrogen and oxygen atoms in total. The first kappa shape index (κ1) is 14.1. The van der Waals surface area contributed by atoms with Gasteiger partial charge in [0.15, 0.2) is 7.14 Å². The largest absolute Gasteiger partial charge is 0.358 e. The van der Waals surface area contributed by atoms with Crippen molar-refractivity contribution in [2.45, 2.75) is 27.7 Å². The van der Waals surface area contributed by atoms with Crippen molar-refractivity contribution in [1.82, 2.24) is 0 Å². The van der Waals surface area contributed by atoms with Crippen LogP contribution in [0.4, 0.5) is 0 Å². The van der Waals surface area contributed by atoms with E-state index < -0.39 is 0 Å². The average Bonchev–Trinajstić information content (AvgIpc) is 2.28. The SMILES string of the molecule is Cc1cc(C)c([I+]c2ccc(C)c(Br)c2)c(C)c1. The summed E-state index contributed by atoms with van der Waals surface area (Å²) in [4.78, 5) is 0. The molecule has 0 aliphatic carbocycles. The fraction of sp³-hybridized carbons (Fsp3) is 0.250. The maximum atomic E-state index is 3.63. The van der Waals surface area contributed by atoms with Gasteiger partial charge in [0.25, 0.3) is 0 Å². The van der Waals surface area contributed by atoms with Crippen molar-refractivity contribution < 1.29 is 21.2 Å². The van der Waals surface area contributed by atoms with Crippen LogP contribution < -0.4 is 21.2 Å². The highest BCUT2D eigenvalue weighted by Crippen LogP contribution is 2.14. The number of halogens is 2. The highest BCUT2D eigenvalue weighted by atomic mass is 127. The zero-order valence-electron chi connectivity index (χ0n) is 11.1. The molecule has 0 radical (unpaired) electrons. The van der Waals surface area contributed by atoms with Crippen LogP contribution in [0.2, 0.25) is 0 Å². The van der Waals surface area contributed by atoms with Crippen molar-refractivity contribution in [3.63, 3.8) is 0 Å². The molecule has 0 aliphatic rings. The lowest BCUT2D eigenvalue weighted by molar-refractivity contribution is -0.598. The second-order valence-corrected chi connectivity index (χ2v) is 8.42. The van der Waals surface area contributed by atoms with Gasteiger partial charge in [-0.05, 0) is 39.3 Å². The Morgan fingerprint density at radius 3 is 2.00 bits per heavy atom. The first-order valence-corrected chi connectivity index (χ1v) is 8.91.